The molecule has 1 aliphatic carbocycles. The van der Waals surface area contributed by atoms with Crippen molar-refractivity contribution in [2.75, 3.05) is 5.32 Å². The molecule has 0 aromatic heterocycles. The largest absolute Gasteiger partial charge is 0.422 e. The molecule has 1 saturated carbocycles. The summed E-state index contributed by atoms with van der Waals surface area (Å²) in [5.41, 5.74) is -4.02. The summed E-state index contributed by atoms with van der Waals surface area (Å²) in [5, 5.41) is 4.25. The molecular weight excluding hydrogens is 349 g/mol. The van der Waals surface area contributed by atoms with Gasteiger partial charge in [-0.25, -0.2) is 17.6 Å². The topological polar surface area (TPSA) is 24.1 Å². The van der Waals surface area contributed by atoms with Gasteiger partial charge in [0.05, 0.1) is 0 Å². The number of thiocarbonyl (C=S) groups is 1. The SMILES string of the molecule is Fc1c(F)c(C(F)(F)F)c(F)c(F)c1NC(=S)NC1CCCC1. The highest BCUT2D eigenvalue weighted by Gasteiger charge is 2.42. The lowest BCUT2D eigenvalue weighted by Crippen LogP contribution is -2.36. The molecule has 23 heavy (non-hydrogen) atoms. The van der Waals surface area contributed by atoms with E-state index in [4.69, 9.17) is 12.2 Å². The Hall–Kier alpha value is -1.58. The first-order valence-corrected chi connectivity index (χ1v) is 7.04. The lowest BCUT2D eigenvalue weighted by Gasteiger charge is -2.18. The van der Waals surface area contributed by atoms with Crippen LogP contribution in [0.15, 0.2) is 0 Å². The Labute approximate surface area is 132 Å². The molecule has 2 rings (SSSR count). The smallest absolute Gasteiger partial charge is 0.360 e. The van der Waals surface area contributed by atoms with Gasteiger partial charge in [0.15, 0.2) is 28.4 Å². The van der Waals surface area contributed by atoms with E-state index < -0.39 is 40.7 Å². The Morgan fingerprint density at radius 1 is 0.913 bits per heavy atom. The molecule has 0 atom stereocenters. The summed E-state index contributed by atoms with van der Waals surface area (Å²) in [6, 6.07) is -0.0646. The van der Waals surface area contributed by atoms with E-state index in [0.717, 1.165) is 25.7 Å². The highest BCUT2D eigenvalue weighted by atomic mass is 32.1. The van der Waals surface area contributed by atoms with Gasteiger partial charge in [-0.05, 0) is 25.1 Å². The second-order valence-electron chi connectivity index (χ2n) is 5.08. The van der Waals surface area contributed by atoms with Crippen molar-refractivity contribution in [3.05, 3.63) is 28.8 Å². The molecule has 0 unspecified atom stereocenters. The van der Waals surface area contributed by atoms with Crippen molar-refractivity contribution in [1.29, 1.82) is 0 Å². The fraction of sp³-hybridized carbons (Fsp3) is 0.462. The van der Waals surface area contributed by atoms with E-state index in [1.807, 2.05) is 5.32 Å². The predicted molar refractivity (Wildman–Crippen MR) is 72.9 cm³/mol. The van der Waals surface area contributed by atoms with Crippen molar-refractivity contribution in [1.82, 2.24) is 5.32 Å². The number of halogens is 7. The first-order valence-electron chi connectivity index (χ1n) is 6.63. The van der Waals surface area contributed by atoms with Crippen molar-refractivity contribution in [3.8, 4) is 0 Å². The Kier molecular flexibility index (Phi) is 5.02. The van der Waals surface area contributed by atoms with Crippen molar-refractivity contribution >= 4 is 23.0 Å². The van der Waals surface area contributed by atoms with Crippen LogP contribution in [0.1, 0.15) is 31.2 Å². The minimum atomic E-state index is -5.57. The lowest BCUT2D eigenvalue weighted by molar-refractivity contribution is -0.143. The quantitative estimate of drug-likeness (QED) is 0.462. The zero-order valence-electron chi connectivity index (χ0n) is 11.5. The second kappa shape index (κ2) is 6.50. The molecule has 0 spiro atoms. The number of anilines is 1. The third-order valence-electron chi connectivity index (χ3n) is 3.48. The minimum absolute atomic E-state index is 0.0646. The number of hydrogen-bond donors (Lipinski definition) is 2. The maximum Gasteiger partial charge on any atom is 0.422 e. The van der Waals surface area contributed by atoms with Crippen molar-refractivity contribution in [2.45, 2.75) is 37.9 Å². The van der Waals surface area contributed by atoms with Gasteiger partial charge in [0.1, 0.15) is 11.3 Å². The number of rotatable bonds is 2. The summed E-state index contributed by atoms with van der Waals surface area (Å²) in [5.74, 6) is -9.43. The first-order chi connectivity index (χ1) is 10.6. The van der Waals surface area contributed by atoms with E-state index in [9.17, 15) is 30.7 Å². The molecule has 0 bridgehead atoms. The molecule has 1 fully saturated rings. The summed E-state index contributed by atoms with van der Waals surface area (Å²) < 4.78 is 91.6. The minimum Gasteiger partial charge on any atom is -0.360 e. The van der Waals surface area contributed by atoms with Gasteiger partial charge in [0, 0.05) is 6.04 Å². The average Bonchev–Trinajstić information content (AvgIpc) is 2.93. The Balaban J connectivity index is 2.30. The van der Waals surface area contributed by atoms with Crippen LogP contribution in [0.3, 0.4) is 0 Å². The number of benzene rings is 1. The maximum atomic E-state index is 13.7. The number of nitrogens with one attached hydrogen (secondary N) is 2. The van der Waals surface area contributed by atoms with Crippen molar-refractivity contribution in [3.63, 3.8) is 0 Å². The molecular formula is C13H11F7N2S. The summed E-state index contributed by atoms with van der Waals surface area (Å²) in [6.45, 7) is 0. The van der Waals surface area contributed by atoms with Crippen LogP contribution in [0, 0.1) is 23.3 Å². The van der Waals surface area contributed by atoms with Crippen LogP contribution in [-0.2, 0) is 6.18 Å². The van der Waals surface area contributed by atoms with Gasteiger partial charge in [-0.15, -0.1) is 0 Å². The molecule has 0 saturated heterocycles. The van der Waals surface area contributed by atoms with Crippen LogP contribution >= 0.6 is 12.2 Å². The van der Waals surface area contributed by atoms with Gasteiger partial charge in [-0.1, -0.05) is 12.8 Å². The molecule has 10 heteroatoms. The van der Waals surface area contributed by atoms with E-state index in [-0.39, 0.29) is 11.2 Å². The third-order valence-corrected chi connectivity index (χ3v) is 3.70. The Morgan fingerprint density at radius 2 is 1.39 bits per heavy atom. The van der Waals surface area contributed by atoms with Crippen LogP contribution in [0.2, 0.25) is 0 Å². The maximum absolute atomic E-state index is 13.7. The fourth-order valence-corrected chi connectivity index (χ4v) is 2.66. The van der Waals surface area contributed by atoms with Crippen LogP contribution in [0.5, 0.6) is 0 Å². The zero-order chi connectivity index (χ0) is 17.4. The summed E-state index contributed by atoms with van der Waals surface area (Å²) in [7, 11) is 0. The standard InChI is InChI=1S/C13H11F7N2S/c14-7-6(13(18,19)20)8(15)10(17)11(9(7)16)22-12(23)21-5-3-1-2-4-5/h5H,1-4H2,(H2,21,22,23). The normalized spacial score (nSPS) is 15.8. The van der Waals surface area contributed by atoms with Crippen LogP contribution in [0.4, 0.5) is 36.4 Å². The molecule has 2 N–H and O–H groups in total. The molecule has 0 heterocycles. The predicted octanol–water partition coefficient (Wildman–Crippen LogP) is 4.49. The lowest BCUT2D eigenvalue weighted by atomic mass is 10.1. The summed E-state index contributed by atoms with van der Waals surface area (Å²) in [6.07, 6.45) is -2.22. The van der Waals surface area contributed by atoms with E-state index in [2.05, 4.69) is 5.32 Å². The molecule has 2 nitrogen and oxygen atoms in total. The third kappa shape index (κ3) is 3.67. The van der Waals surface area contributed by atoms with Crippen LogP contribution < -0.4 is 10.6 Å². The van der Waals surface area contributed by atoms with Gasteiger partial charge in [0.2, 0.25) is 0 Å². The van der Waals surface area contributed by atoms with Gasteiger partial charge in [-0.2, -0.15) is 13.2 Å². The average molecular weight is 360 g/mol. The highest BCUT2D eigenvalue weighted by molar-refractivity contribution is 7.80. The van der Waals surface area contributed by atoms with Gasteiger partial charge in [0.25, 0.3) is 0 Å². The van der Waals surface area contributed by atoms with Gasteiger partial charge in [-0.3, -0.25) is 0 Å². The van der Waals surface area contributed by atoms with E-state index in [0.29, 0.717) is 0 Å². The first kappa shape index (κ1) is 17.8. The Bertz CT molecular complexity index is 595. The fourth-order valence-electron chi connectivity index (χ4n) is 2.40. The van der Waals surface area contributed by atoms with E-state index in [1.54, 1.807) is 0 Å². The molecule has 1 aliphatic rings. The molecule has 0 amide bonds. The Morgan fingerprint density at radius 3 is 1.83 bits per heavy atom. The summed E-state index contributed by atoms with van der Waals surface area (Å²) in [4.78, 5) is 0. The van der Waals surface area contributed by atoms with E-state index in [1.165, 1.54) is 0 Å². The summed E-state index contributed by atoms with van der Waals surface area (Å²) >= 11 is 4.76. The second-order valence-corrected chi connectivity index (χ2v) is 5.49. The number of alkyl halides is 3. The molecule has 0 radical (unpaired) electrons. The number of hydrogen-bond acceptors (Lipinski definition) is 1. The zero-order valence-corrected chi connectivity index (χ0v) is 12.3. The monoisotopic (exact) mass is 360 g/mol. The van der Waals surface area contributed by atoms with Crippen LogP contribution in [0.25, 0.3) is 0 Å². The van der Waals surface area contributed by atoms with E-state index >= 15 is 0 Å². The van der Waals surface area contributed by atoms with Gasteiger partial charge >= 0.3 is 6.18 Å². The highest BCUT2D eigenvalue weighted by Crippen LogP contribution is 2.38. The van der Waals surface area contributed by atoms with Crippen molar-refractivity contribution < 1.29 is 30.7 Å². The molecule has 128 valence electrons. The van der Waals surface area contributed by atoms with Crippen molar-refractivity contribution in [2.24, 2.45) is 0 Å². The molecule has 1 aromatic carbocycles. The molecule has 0 aliphatic heterocycles. The molecule has 1 aromatic rings. The van der Waals surface area contributed by atoms with Crippen LogP contribution in [-0.4, -0.2) is 11.2 Å². The van der Waals surface area contributed by atoms with Gasteiger partial charge < -0.3 is 10.6 Å².